The first-order chi connectivity index (χ1) is 9.99. The monoisotopic (exact) mass is 285 g/mol. The van der Waals surface area contributed by atoms with Crippen LogP contribution in [0.2, 0.25) is 0 Å². The van der Waals surface area contributed by atoms with Gasteiger partial charge in [0, 0.05) is 11.6 Å². The van der Waals surface area contributed by atoms with Gasteiger partial charge in [-0.1, -0.05) is 17.7 Å². The van der Waals surface area contributed by atoms with Crippen LogP contribution in [0.3, 0.4) is 0 Å². The van der Waals surface area contributed by atoms with Crippen molar-refractivity contribution in [2.24, 2.45) is 5.92 Å². The van der Waals surface area contributed by atoms with Gasteiger partial charge in [0.1, 0.15) is 0 Å². The fourth-order valence-electron chi connectivity index (χ4n) is 2.98. The number of carbonyl (C=O) groups excluding carboxylic acids is 1. The molecule has 0 unspecified atom stereocenters. The molecule has 0 aromatic heterocycles. The number of amides is 1. The van der Waals surface area contributed by atoms with Crippen molar-refractivity contribution in [3.8, 4) is 6.07 Å². The zero-order valence-corrected chi connectivity index (χ0v) is 13.1. The molecule has 0 atom stereocenters. The second kappa shape index (κ2) is 6.73. The Labute approximate surface area is 126 Å². The number of aryl methyl sites for hydroxylation is 3. The number of likely N-dealkylation sites (tertiary alicyclic amines) is 1. The van der Waals surface area contributed by atoms with Crippen LogP contribution in [0.25, 0.3) is 0 Å². The predicted octanol–water partition coefficient (Wildman–Crippen LogP) is 2.79. The van der Waals surface area contributed by atoms with Crippen molar-refractivity contribution < 1.29 is 4.79 Å². The number of nitrogens with one attached hydrogen (secondary N) is 1. The molecule has 1 saturated heterocycles. The summed E-state index contributed by atoms with van der Waals surface area (Å²) < 4.78 is 0. The molecule has 1 amide bonds. The van der Waals surface area contributed by atoms with Gasteiger partial charge in [-0.3, -0.25) is 9.69 Å². The Hall–Kier alpha value is -1.86. The van der Waals surface area contributed by atoms with Crippen molar-refractivity contribution in [3.63, 3.8) is 0 Å². The quantitative estimate of drug-likeness (QED) is 0.929. The number of nitriles is 1. The third-order valence-electron chi connectivity index (χ3n) is 4.08. The SMILES string of the molecule is Cc1cc(C)c(NC(=O)CN2CCC(C#N)CC2)c(C)c1. The third-order valence-corrected chi connectivity index (χ3v) is 4.08. The Bertz CT molecular complexity index is 543. The van der Waals surface area contributed by atoms with Crippen molar-refractivity contribution in [2.75, 3.05) is 25.0 Å². The van der Waals surface area contributed by atoms with E-state index < -0.39 is 0 Å². The predicted molar refractivity (Wildman–Crippen MR) is 84.1 cm³/mol. The van der Waals surface area contributed by atoms with Crippen molar-refractivity contribution in [1.82, 2.24) is 4.90 Å². The standard InChI is InChI=1S/C17H23N3O/c1-12-8-13(2)17(14(3)9-12)19-16(21)11-20-6-4-15(10-18)5-7-20/h8-9,15H,4-7,11H2,1-3H3,(H,19,21). The summed E-state index contributed by atoms with van der Waals surface area (Å²) in [6, 6.07) is 6.48. The van der Waals surface area contributed by atoms with Crippen molar-refractivity contribution in [1.29, 1.82) is 5.26 Å². The third kappa shape index (κ3) is 4.05. The Morgan fingerprint density at radius 1 is 1.29 bits per heavy atom. The average Bonchev–Trinajstić information content (AvgIpc) is 2.43. The fourth-order valence-corrected chi connectivity index (χ4v) is 2.98. The van der Waals surface area contributed by atoms with Gasteiger partial charge in [-0.05, 0) is 57.8 Å². The highest BCUT2D eigenvalue weighted by Crippen LogP contribution is 2.22. The summed E-state index contributed by atoms with van der Waals surface area (Å²) in [5, 5.41) is 11.9. The van der Waals surface area contributed by atoms with Crippen molar-refractivity contribution >= 4 is 11.6 Å². The molecule has 0 saturated carbocycles. The van der Waals surface area contributed by atoms with E-state index >= 15 is 0 Å². The minimum atomic E-state index is 0.0282. The number of piperidine rings is 1. The highest BCUT2D eigenvalue weighted by atomic mass is 16.2. The zero-order valence-electron chi connectivity index (χ0n) is 13.1. The van der Waals surface area contributed by atoms with E-state index in [1.54, 1.807) is 0 Å². The molecule has 1 aromatic rings. The first-order valence-corrected chi connectivity index (χ1v) is 7.49. The van der Waals surface area contributed by atoms with Gasteiger partial charge >= 0.3 is 0 Å². The van der Waals surface area contributed by atoms with Crippen LogP contribution in [0.5, 0.6) is 0 Å². The van der Waals surface area contributed by atoms with Crippen LogP contribution < -0.4 is 5.32 Å². The van der Waals surface area contributed by atoms with E-state index in [0.717, 1.165) is 42.7 Å². The summed E-state index contributed by atoms with van der Waals surface area (Å²) in [6.45, 7) is 8.17. The maximum atomic E-state index is 12.2. The minimum absolute atomic E-state index is 0.0282. The lowest BCUT2D eigenvalue weighted by Crippen LogP contribution is -2.39. The smallest absolute Gasteiger partial charge is 0.238 e. The Morgan fingerprint density at radius 2 is 1.86 bits per heavy atom. The summed E-state index contributed by atoms with van der Waals surface area (Å²) in [7, 11) is 0. The normalized spacial score (nSPS) is 16.5. The summed E-state index contributed by atoms with van der Waals surface area (Å²) in [5.41, 5.74) is 4.34. The Balaban J connectivity index is 1.93. The average molecular weight is 285 g/mol. The molecular formula is C17H23N3O. The van der Waals surface area contributed by atoms with Crippen LogP contribution in [0, 0.1) is 38.0 Å². The lowest BCUT2D eigenvalue weighted by molar-refractivity contribution is -0.117. The van der Waals surface area contributed by atoms with Crippen molar-refractivity contribution in [3.05, 3.63) is 28.8 Å². The van der Waals surface area contributed by atoms with Crippen LogP contribution in [-0.2, 0) is 4.79 Å². The van der Waals surface area contributed by atoms with E-state index in [0.29, 0.717) is 6.54 Å². The fraction of sp³-hybridized carbons (Fsp3) is 0.529. The largest absolute Gasteiger partial charge is 0.324 e. The molecule has 0 radical (unpaired) electrons. The van der Waals surface area contributed by atoms with Crippen LogP contribution >= 0.6 is 0 Å². The van der Waals surface area contributed by atoms with E-state index in [1.807, 2.05) is 13.8 Å². The van der Waals surface area contributed by atoms with E-state index in [-0.39, 0.29) is 11.8 Å². The van der Waals surface area contributed by atoms with E-state index in [9.17, 15) is 4.79 Å². The molecule has 0 bridgehead atoms. The lowest BCUT2D eigenvalue weighted by atomic mass is 9.99. The second-order valence-corrected chi connectivity index (χ2v) is 6.00. The van der Waals surface area contributed by atoms with Gasteiger partial charge in [-0.25, -0.2) is 0 Å². The van der Waals surface area contributed by atoms with Crippen molar-refractivity contribution in [2.45, 2.75) is 33.6 Å². The number of carbonyl (C=O) groups is 1. The van der Waals surface area contributed by atoms with Crippen LogP contribution in [-0.4, -0.2) is 30.4 Å². The summed E-state index contributed by atoms with van der Waals surface area (Å²) in [6.07, 6.45) is 1.73. The van der Waals surface area contributed by atoms with Gasteiger partial charge in [-0.15, -0.1) is 0 Å². The number of hydrogen-bond acceptors (Lipinski definition) is 3. The maximum Gasteiger partial charge on any atom is 0.238 e. The van der Waals surface area contributed by atoms with Gasteiger partial charge in [0.05, 0.1) is 12.6 Å². The van der Waals surface area contributed by atoms with Gasteiger partial charge in [0.2, 0.25) is 5.91 Å². The molecule has 1 N–H and O–H groups in total. The Morgan fingerprint density at radius 3 is 2.38 bits per heavy atom. The molecule has 1 aliphatic rings. The zero-order chi connectivity index (χ0) is 15.4. The lowest BCUT2D eigenvalue weighted by Gasteiger charge is -2.28. The number of hydrogen-bond donors (Lipinski definition) is 1. The van der Waals surface area contributed by atoms with Gasteiger partial charge in [0.15, 0.2) is 0 Å². The van der Waals surface area contributed by atoms with E-state index in [4.69, 9.17) is 5.26 Å². The van der Waals surface area contributed by atoms with Gasteiger partial charge in [-0.2, -0.15) is 5.26 Å². The Kier molecular flexibility index (Phi) is 4.98. The molecule has 4 nitrogen and oxygen atoms in total. The minimum Gasteiger partial charge on any atom is -0.324 e. The highest BCUT2D eigenvalue weighted by Gasteiger charge is 2.20. The molecular weight excluding hydrogens is 262 g/mol. The van der Waals surface area contributed by atoms with Gasteiger partial charge in [0.25, 0.3) is 0 Å². The number of nitrogens with zero attached hydrogens (tertiary/aromatic N) is 2. The van der Waals surface area contributed by atoms with Crippen LogP contribution in [0.15, 0.2) is 12.1 Å². The number of benzene rings is 1. The molecule has 4 heteroatoms. The molecule has 21 heavy (non-hydrogen) atoms. The highest BCUT2D eigenvalue weighted by molar-refractivity contribution is 5.93. The molecule has 0 aliphatic carbocycles. The molecule has 1 heterocycles. The topological polar surface area (TPSA) is 56.1 Å². The van der Waals surface area contributed by atoms with E-state index in [1.165, 1.54) is 5.56 Å². The number of rotatable bonds is 3. The van der Waals surface area contributed by atoms with Gasteiger partial charge < -0.3 is 5.32 Å². The molecule has 2 rings (SSSR count). The maximum absolute atomic E-state index is 12.2. The molecule has 1 fully saturated rings. The summed E-state index contributed by atoms with van der Waals surface area (Å²) in [5.74, 6) is 0.186. The molecule has 1 aliphatic heterocycles. The molecule has 112 valence electrons. The molecule has 1 aromatic carbocycles. The van der Waals surface area contributed by atoms with Crippen LogP contribution in [0.4, 0.5) is 5.69 Å². The summed E-state index contributed by atoms with van der Waals surface area (Å²) >= 11 is 0. The first kappa shape index (κ1) is 15.5. The van der Waals surface area contributed by atoms with Crippen LogP contribution in [0.1, 0.15) is 29.5 Å². The molecule has 0 spiro atoms. The summed E-state index contributed by atoms with van der Waals surface area (Å²) in [4.78, 5) is 14.3. The number of anilines is 1. The second-order valence-electron chi connectivity index (χ2n) is 6.00. The first-order valence-electron chi connectivity index (χ1n) is 7.49. The van der Waals surface area contributed by atoms with E-state index in [2.05, 4.69) is 35.3 Å².